The zero-order valence-corrected chi connectivity index (χ0v) is 11.2. The fourth-order valence-electron chi connectivity index (χ4n) is 1.50. The standard InChI is InChI=1S/C12H15N5O3/c1-17(12(18)11-13-15-16-14-11)7-8-20-10-5-3-9(19-2)4-6-10/h3-6H,7-8H2,1-2H3,(H,13,14,15,16). The first-order valence-corrected chi connectivity index (χ1v) is 5.96. The Kier molecular flexibility index (Phi) is 4.48. The van der Waals surface area contributed by atoms with Gasteiger partial charge >= 0.3 is 0 Å². The zero-order chi connectivity index (χ0) is 14.4. The van der Waals surface area contributed by atoms with Gasteiger partial charge in [-0.3, -0.25) is 4.79 Å². The summed E-state index contributed by atoms with van der Waals surface area (Å²) in [5.74, 6) is 1.21. The Labute approximate surface area is 115 Å². The van der Waals surface area contributed by atoms with Gasteiger partial charge in [-0.2, -0.15) is 5.21 Å². The number of tetrazole rings is 1. The van der Waals surface area contributed by atoms with Gasteiger partial charge in [0.1, 0.15) is 18.1 Å². The number of aromatic nitrogens is 4. The number of carbonyl (C=O) groups is 1. The minimum atomic E-state index is -0.308. The van der Waals surface area contributed by atoms with Crippen LogP contribution in [-0.2, 0) is 0 Å². The Morgan fingerprint density at radius 1 is 1.30 bits per heavy atom. The molecule has 0 unspecified atom stereocenters. The molecule has 1 N–H and O–H groups in total. The van der Waals surface area contributed by atoms with Gasteiger partial charge in [0.2, 0.25) is 0 Å². The first kappa shape index (κ1) is 13.8. The Hall–Kier alpha value is -2.64. The molecule has 2 aromatic rings. The molecule has 2 rings (SSSR count). The molecule has 0 bridgehead atoms. The van der Waals surface area contributed by atoms with E-state index in [-0.39, 0.29) is 11.7 Å². The first-order chi connectivity index (χ1) is 9.70. The Bertz CT molecular complexity index is 541. The first-order valence-electron chi connectivity index (χ1n) is 5.96. The highest BCUT2D eigenvalue weighted by Crippen LogP contribution is 2.16. The van der Waals surface area contributed by atoms with Crippen molar-refractivity contribution >= 4 is 5.91 Å². The van der Waals surface area contributed by atoms with Crippen molar-refractivity contribution < 1.29 is 14.3 Å². The van der Waals surface area contributed by atoms with Crippen LogP contribution in [0.3, 0.4) is 0 Å². The lowest BCUT2D eigenvalue weighted by Gasteiger charge is -2.15. The number of nitrogens with zero attached hydrogens (tertiary/aromatic N) is 4. The van der Waals surface area contributed by atoms with Gasteiger partial charge in [0.25, 0.3) is 11.7 Å². The van der Waals surface area contributed by atoms with Crippen LogP contribution in [0.1, 0.15) is 10.6 Å². The van der Waals surface area contributed by atoms with Crippen molar-refractivity contribution in [1.82, 2.24) is 25.5 Å². The number of benzene rings is 1. The van der Waals surface area contributed by atoms with E-state index in [0.29, 0.717) is 18.9 Å². The number of amides is 1. The Balaban J connectivity index is 1.78. The molecule has 8 heteroatoms. The molecule has 0 aliphatic heterocycles. The smallest absolute Gasteiger partial charge is 0.295 e. The van der Waals surface area contributed by atoms with Gasteiger partial charge in [-0.15, -0.1) is 10.2 Å². The summed E-state index contributed by atoms with van der Waals surface area (Å²) in [5, 5.41) is 12.8. The van der Waals surface area contributed by atoms with Crippen molar-refractivity contribution in [2.75, 3.05) is 27.3 Å². The molecule has 1 aromatic heterocycles. The van der Waals surface area contributed by atoms with Crippen LogP contribution in [0.2, 0.25) is 0 Å². The number of aromatic amines is 1. The number of ether oxygens (including phenoxy) is 2. The fourth-order valence-corrected chi connectivity index (χ4v) is 1.50. The molecule has 1 aromatic carbocycles. The molecule has 8 nitrogen and oxygen atoms in total. The van der Waals surface area contributed by atoms with Crippen LogP contribution in [0.5, 0.6) is 11.5 Å². The Morgan fingerprint density at radius 2 is 2.00 bits per heavy atom. The van der Waals surface area contributed by atoms with E-state index in [1.807, 2.05) is 12.1 Å². The number of likely N-dealkylation sites (N-methyl/N-ethyl adjacent to an activating group) is 1. The lowest BCUT2D eigenvalue weighted by atomic mass is 10.3. The number of methoxy groups -OCH3 is 1. The number of carbonyl (C=O) groups excluding carboxylic acids is 1. The van der Waals surface area contributed by atoms with Gasteiger partial charge in [0, 0.05) is 7.05 Å². The third-order valence-electron chi connectivity index (χ3n) is 2.64. The van der Waals surface area contributed by atoms with E-state index in [4.69, 9.17) is 9.47 Å². The average Bonchev–Trinajstić information content (AvgIpc) is 3.01. The second-order valence-corrected chi connectivity index (χ2v) is 3.99. The minimum absolute atomic E-state index is 0.0388. The molecule has 0 fully saturated rings. The summed E-state index contributed by atoms with van der Waals surface area (Å²) in [6, 6.07) is 7.23. The van der Waals surface area contributed by atoms with Crippen molar-refractivity contribution in [1.29, 1.82) is 0 Å². The molecule has 20 heavy (non-hydrogen) atoms. The molecule has 0 aliphatic carbocycles. The van der Waals surface area contributed by atoms with E-state index in [1.165, 1.54) is 4.90 Å². The highest BCUT2D eigenvalue weighted by molar-refractivity contribution is 5.89. The average molecular weight is 277 g/mol. The predicted octanol–water partition coefficient (Wildman–Crippen LogP) is 0.359. The van der Waals surface area contributed by atoms with Crippen molar-refractivity contribution in [3.8, 4) is 11.5 Å². The minimum Gasteiger partial charge on any atom is -0.497 e. The number of H-pyrrole nitrogens is 1. The maximum Gasteiger partial charge on any atom is 0.295 e. The molecule has 0 aliphatic rings. The lowest BCUT2D eigenvalue weighted by molar-refractivity contribution is 0.0762. The van der Waals surface area contributed by atoms with Crippen LogP contribution >= 0.6 is 0 Å². The van der Waals surface area contributed by atoms with Gasteiger partial charge in [-0.1, -0.05) is 0 Å². The highest BCUT2D eigenvalue weighted by Gasteiger charge is 2.15. The van der Waals surface area contributed by atoms with E-state index >= 15 is 0 Å². The summed E-state index contributed by atoms with van der Waals surface area (Å²) in [6.45, 7) is 0.784. The van der Waals surface area contributed by atoms with Crippen LogP contribution in [0.4, 0.5) is 0 Å². The highest BCUT2D eigenvalue weighted by atomic mass is 16.5. The van der Waals surface area contributed by atoms with Crippen LogP contribution in [0.25, 0.3) is 0 Å². The van der Waals surface area contributed by atoms with Crippen molar-refractivity contribution in [3.63, 3.8) is 0 Å². The molecule has 0 saturated carbocycles. The fraction of sp³-hybridized carbons (Fsp3) is 0.333. The van der Waals surface area contributed by atoms with Crippen molar-refractivity contribution in [3.05, 3.63) is 30.1 Å². The predicted molar refractivity (Wildman–Crippen MR) is 69.6 cm³/mol. The Morgan fingerprint density at radius 3 is 2.60 bits per heavy atom. The summed E-state index contributed by atoms with van der Waals surface area (Å²) < 4.78 is 10.6. The van der Waals surface area contributed by atoms with Crippen LogP contribution in [0, 0.1) is 0 Å². The van der Waals surface area contributed by atoms with Crippen molar-refractivity contribution in [2.24, 2.45) is 0 Å². The molecular weight excluding hydrogens is 262 g/mol. The summed E-state index contributed by atoms with van der Waals surface area (Å²) >= 11 is 0. The van der Waals surface area contributed by atoms with Crippen LogP contribution < -0.4 is 9.47 Å². The molecule has 106 valence electrons. The summed E-state index contributed by atoms with van der Waals surface area (Å²) in [6.07, 6.45) is 0. The normalized spacial score (nSPS) is 10.1. The van der Waals surface area contributed by atoms with Crippen molar-refractivity contribution in [2.45, 2.75) is 0 Å². The van der Waals surface area contributed by atoms with Gasteiger partial charge < -0.3 is 14.4 Å². The second-order valence-electron chi connectivity index (χ2n) is 3.99. The van der Waals surface area contributed by atoms with Gasteiger partial charge in [0.15, 0.2) is 0 Å². The maximum atomic E-state index is 11.8. The second kappa shape index (κ2) is 6.50. The van der Waals surface area contributed by atoms with E-state index in [1.54, 1.807) is 26.3 Å². The van der Waals surface area contributed by atoms with Gasteiger partial charge in [-0.05, 0) is 29.5 Å². The number of rotatable bonds is 6. The molecule has 0 radical (unpaired) electrons. The molecule has 0 saturated heterocycles. The molecular formula is C12H15N5O3. The summed E-state index contributed by atoms with van der Waals surface area (Å²) in [5.41, 5.74) is 0. The summed E-state index contributed by atoms with van der Waals surface area (Å²) in [4.78, 5) is 13.3. The quantitative estimate of drug-likeness (QED) is 0.819. The van der Waals surface area contributed by atoms with Gasteiger partial charge in [0.05, 0.1) is 13.7 Å². The summed E-state index contributed by atoms with van der Waals surface area (Å²) in [7, 11) is 3.25. The van der Waals surface area contributed by atoms with E-state index in [9.17, 15) is 4.79 Å². The zero-order valence-electron chi connectivity index (χ0n) is 11.2. The number of hydrogen-bond donors (Lipinski definition) is 1. The molecule has 0 spiro atoms. The van der Waals surface area contributed by atoms with Crippen LogP contribution in [0.15, 0.2) is 24.3 Å². The lowest BCUT2D eigenvalue weighted by Crippen LogP contribution is -2.31. The van der Waals surface area contributed by atoms with E-state index in [2.05, 4.69) is 20.6 Å². The van der Waals surface area contributed by atoms with E-state index < -0.39 is 0 Å². The van der Waals surface area contributed by atoms with E-state index in [0.717, 1.165) is 5.75 Å². The molecule has 0 atom stereocenters. The third-order valence-corrected chi connectivity index (χ3v) is 2.64. The van der Waals surface area contributed by atoms with Crippen LogP contribution in [-0.4, -0.2) is 58.7 Å². The molecule has 1 amide bonds. The largest absolute Gasteiger partial charge is 0.497 e. The maximum absolute atomic E-state index is 11.8. The third kappa shape index (κ3) is 3.44. The topological polar surface area (TPSA) is 93.2 Å². The van der Waals surface area contributed by atoms with Gasteiger partial charge in [-0.25, -0.2) is 0 Å². The number of nitrogens with one attached hydrogen (secondary N) is 1. The SMILES string of the molecule is COc1ccc(OCCN(C)C(=O)c2nn[nH]n2)cc1. The monoisotopic (exact) mass is 277 g/mol. The number of hydrogen-bond acceptors (Lipinski definition) is 6. The molecule has 1 heterocycles.